The number of ether oxygens (including phenoxy) is 1. The van der Waals surface area contributed by atoms with Crippen LogP contribution in [0.5, 0.6) is 11.5 Å². The number of primary amides is 1. The van der Waals surface area contributed by atoms with Crippen molar-refractivity contribution < 1.29 is 9.53 Å². The highest BCUT2D eigenvalue weighted by Gasteiger charge is 2.10. The van der Waals surface area contributed by atoms with E-state index in [0.29, 0.717) is 11.5 Å². The molecule has 1 aromatic carbocycles. The molecule has 1 amide bonds. The second-order valence-corrected chi connectivity index (χ2v) is 7.13. The van der Waals surface area contributed by atoms with Crippen LogP contribution in [0.15, 0.2) is 42.7 Å². The van der Waals surface area contributed by atoms with E-state index >= 15 is 0 Å². The second-order valence-electron chi connectivity index (χ2n) is 7.13. The maximum Gasteiger partial charge on any atom is 0.254 e. The lowest BCUT2D eigenvalue weighted by atomic mass is 10.1. The smallest absolute Gasteiger partial charge is 0.254 e. The van der Waals surface area contributed by atoms with E-state index in [9.17, 15) is 4.79 Å². The minimum Gasteiger partial charge on any atom is -0.456 e. The van der Waals surface area contributed by atoms with Crippen LogP contribution in [0.2, 0.25) is 0 Å². The Balaban J connectivity index is 1.65. The van der Waals surface area contributed by atoms with Crippen molar-refractivity contribution in [3.63, 3.8) is 0 Å². The van der Waals surface area contributed by atoms with Gasteiger partial charge in [-0.15, -0.1) is 0 Å². The third-order valence-electron chi connectivity index (χ3n) is 4.73. The monoisotopic (exact) mass is 383 g/mol. The van der Waals surface area contributed by atoms with Crippen molar-refractivity contribution in [1.29, 1.82) is 0 Å². The molecule has 3 N–H and O–H groups in total. The predicted octanol–water partition coefficient (Wildman–Crippen LogP) is 5.20. The summed E-state index contributed by atoms with van der Waals surface area (Å²) in [6.07, 6.45) is 13.7. The summed E-state index contributed by atoms with van der Waals surface area (Å²) in [6.45, 7) is 4.15. The van der Waals surface area contributed by atoms with E-state index in [2.05, 4.69) is 17.2 Å². The lowest BCUT2D eigenvalue weighted by Crippen LogP contribution is -2.14. The van der Waals surface area contributed by atoms with Crippen LogP contribution in [-0.4, -0.2) is 17.4 Å². The van der Waals surface area contributed by atoms with Gasteiger partial charge in [0.25, 0.3) is 5.91 Å². The van der Waals surface area contributed by atoms with Gasteiger partial charge in [0, 0.05) is 18.9 Å². The highest BCUT2D eigenvalue weighted by atomic mass is 16.5. The molecule has 0 aliphatic carbocycles. The van der Waals surface area contributed by atoms with Gasteiger partial charge >= 0.3 is 0 Å². The number of nitrogens with one attached hydrogen (secondary N) is 1. The molecule has 0 aliphatic heterocycles. The normalized spacial score (nSPS) is 10.8. The van der Waals surface area contributed by atoms with Gasteiger partial charge in [-0.05, 0) is 36.7 Å². The van der Waals surface area contributed by atoms with Crippen molar-refractivity contribution in [3.8, 4) is 11.5 Å². The van der Waals surface area contributed by atoms with E-state index in [1.54, 1.807) is 12.3 Å². The average molecular weight is 384 g/mol. The molecule has 0 aliphatic rings. The minimum atomic E-state index is -0.551. The number of unbranched alkanes of at least 4 members (excludes halogenated alkanes) is 7. The summed E-state index contributed by atoms with van der Waals surface area (Å²) in [5.41, 5.74) is 6.83. The Kier molecular flexibility index (Phi) is 10.1. The van der Waals surface area contributed by atoms with Gasteiger partial charge in [0.05, 0.1) is 0 Å². The molecule has 0 saturated heterocycles. The Morgan fingerprint density at radius 1 is 1.00 bits per heavy atom. The SMILES string of the molecule is CCCCCCCCCCNCc1ccc(Oc2ccncc2C(N)=O)cc1. The number of nitrogens with zero attached hydrogens (tertiary/aromatic N) is 1. The first-order valence-electron chi connectivity index (χ1n) is 10.4. The summed E-state index contributed by atoms with van der Waals surface area (Å²) in [5.74, 6) is 0.536. The lowest BCUT2D eigenvalue weighted by Gasteiger charge is -2.10. The molecule has 152 valence electrons. The third-order valence-corrected chi connectivity index (χ3v) is 4.73. The molecular formula is C23H33N3O2. The zero-order valence-corrected chi connectivity index (χ0v) is 17.0. The van der Waals surface area contributed by atoms with Gasteiger partial charge in [-0.25, -0.2) is 0 Å². The first-order valence-corrected chi connectivity index (χ1v) is 10.4. The zero-order chi connectivity index (χ0) is 20.0. The van der Waals surface area contributed by atoms with Crippen molar-refractivity contribution >= 4 is 5.91 Å². The molecule has 28 heavy (non-hydrogen) atoms. The summed E-state index contributed by atoms with van der Waals surface area (Å²) in [7, 11) is 0. The average Bonchev–Trinajstić information content (AvgIpc) is 2.71. The summed E-state index contributed by atoms with van der Waals surface area (Å²) in [5, 5.41) is 3.50. The number of aromatic nitrogens is 1. The van der Waals surface area contributed by atoms with E-state index in [1.807, 2.05) is 24.3 Å². The standard InChI is InChI=1S/C23H33N3O2/c1-2-3-4-5-6-7-8-9-15-25-17-19-10-12-20(13-11-19)28-22-14-16-26-18-21(22)23(24)27/h10-14,16,18,25H,2-9,15,17H2,1H3,(H2,24,27). The molecule has 0 radical (unpaired) electrons. The Morgan fingerprint density at radius 2 is 1.68 bits per heavy atom. The number of hydrogen-bond acceptors (Lipinski definition) is 4. The van der Waals surface area contributed by atoms with Crippen LogP contribution in [0.4, 0.5) is 0 Å². The van der Waals surface area contributed by atoms with Gasteiger partial charge in [-0.3, -0.25) is 9.78 Å². The number of pyridine rings is 1. The molecule has 0 unspecified atom stereocenters. The fourth-order valence-corrected chi connectivity index (χ4v) is 3.07. The third kappa shape index (κ3) is 8.09. The van der Waals surface area contributed by atoms with Gasteiger partial charge in [0.1, 0.15) is 17.1 Å². The van der Waals surface area contributed by atoms with Crippen LogP contribution in [0.3, 0.4) is 0 Å². The number of carbonyl (C=O) groups is 1. The van der Waals surface area contributed by atoms with Gasteiger partial charge < -0.3 is 15.8 Å². The molecule has 0 atom stereocenters. The molecule has 5 heteroatoms. The Labute approximate surface area is 168 Å². The van der Waals surface area contributed by atoms with E-state index in [0.717, 1.165) is 13.1 Å². The molecule has 0 saturated carbocycles. The van der Waals surface area contributed by atoms with Crippen molar-refractivity contribution in [2.75, 3.05) is 6.54 Å². The largest absolute Gasteiger partial charge is 0.456 e. The highest BCUT2D eigenvalue weighted by Crippen LogP contribution is 2.24. The van der Waals surface area contributed by atoms with Crippen molar-refractivity contribution in [3.05, 3.63) is 53.9 Å². The van der Waals surface area contributed by atoms with Crippen LogP contribution < -0.4 is 15.8 Å². The predicted molar refractivity (Wildman–Crippen MR) is 114 cm³/mol. The maximum atomic E-state index is 11.4. The molecule has 2 rings (SSSR count). The molecule has 0 fully saturated rings. The number of nitrogens with two attached hydrogens (primary N) is 1. The highest BCUT2D eigenvalue weighted by molar-refractivity contribution is 5.95. The molecule has 0 bridgehead atoms. The number of carbonyl (C=O) groups excluding carboxylic acids is 1. The fourth-order valence-electron chi connectivity index (χ4n) is 3.07. The van der Waals surface area contributed by atoms with E-state index < -0.39 is 5.91 Å². The number of hydrogen-bond donors (Lipinski definition) is 2. The van der Waals surface area contributed by atoms with E-state index in [4.69, 9.17) is 10.5 Å². The number of amides is 1. The van der Waals surface area contributed by atoms with Crippen LogP contribution in [-0.2, 0) is 6.54 Å². The first-order chi connectivity index (χ1) is 13.7. The van der Waals surface area contributed by atoms with E-state index in [1.165, 1.54) is 63.1 Å². The lowest BCUT2D eigenvalue weighted by molar-refractivity contribution is 0.0997. The number of rotatable bonds is 14. The maximum absolute atomic E-state index is 11.4. The van der Waals surface area contributed by atoms with Gasteiger partial charge in [0.15, 0.2) is 0 Å². The van der Waals surface area contributed by atoms with Crippen LogP contribution in [0.25, 0.3) is 0 Å². The fraction of sp³-hybridized carbons (Fsp3) is 0.478. The Hall–Kier alpha value is -2.40. The first kappa shape index (κ1) is 21.9. The van der Waals surface area contributed by atoms with Crippen LogP contribution in [0, 0.1) is 0 Å². The summed E-state index contributed by atoms with van der Waals surface area (Å²) in [6, 6.07) is 9.50. The number of benzene rings is 1. The topological polar surface area (TPSA) is 77.2 Å². The molecular weight excluding hydrogens is 350 g/mol. The Bertz CT molecular complexity index is 701. The minimum absolute atomic E-state index is 0.276. The molecule has 5 nitrogen and oxygen atoms in total. The van der Waals surface area contributed by atoms with Crippen LogP contribution >= 0.6 is 0 Å². The van der Waals surface area contributed by atoms with Crippen molar-refractivity contribution in [2.45, 2.75) is 64.8 Å². The molecule has 1 heterocycles. The zero-order valence-electron chi connectivity index (χ0n) is 17.0. The van der Waals surface area contributed by atoms with Gasteiger partial charge in [-0.2, -0.15) is 0 Å². The summed E-state index contributed by atoms with van der Waals surface area (Å²) in [4.78, 5) is 15.3. The second kappa shape index (κ2) is 12.9. The van der Waals surface area contributed by atoms with Crippen molar-refractivity contribution in [1.82, 2.24) is 10.3 Å². The van der Waals surface area contributed by atoms with E-state index in [-0.39, 0.29) is 5.56 Å². The Morgan fingerprint density at radius 3 is 2.36 bits per heavy atom. The van der Waals surface area contributed by atoms with Crippen LogP contribution in [0.1, 0.15) is 74.2 Å². The van der Waals surface area contributed by atoms with Gasteiger partial charge in [-0.1, -0.05) is 64.0 Å². The molecule has 0 spiro atoms. The van der Waals surface area contributed by atoms with Crippen molar-refractivity contribution in [2.24, 2.45) is 5.73 Å². The summed E-state index contributed by atoms with van der Waals surface area (Å²) >= 11 is 0. The van der Waals surface area contributed by atoms with Gasteiger partial charge in [0.2, 0.25) is 0 Å². The summed E-state index contributed by atoms with van der Waals surface area (Å²) < 4.78 is 5.77. The quantitative estimate of drug-likeness (QED) is 0.439. The molecule has 2 aromatic rings. The molecule has 1 aromatic heterocycles.